The maximum atomic E-state index is 10.2. The maximum Gasteiger partial charge on any atom is 0.177 e. The predicted octanol–water partition coefficient (Wildman–Crippen LogP) is 1.30. The van der Waals surface area contributed by atoms with Crippen LogP contribution in [0.4, 0.5) is 5.69 Å². The van der Waals surface area contributed by atoms with Crippen LogP contribution in [-0.2, 0) is 19.3 Å². The van der Waals surface area contributed by atoms with Gasteiger partial charge in [0.05, 0.1) is 0 Å². The standard InChI is InChI=1S/C18H31NO.ClH/c1-4-7-10-14-13-17(20)18(19)16(12-9-6-3)15(14)11-8-5-2;/h13,20H,4-12,19H2,1-3H3;1H. The summed E-state index contributed by atoms with van der Waals surface area (Å²) in [7, 11) is 0. The van der Waals surface area contributed by atoms with Crippen molar-refractivity contribution >= 4 is 5.69 Å². The Morgan fingerprint density at radius 2 is 1.33 bits per heavy atom. The van der Waals surface area contributed by atoms with E-state index in [0.29, 0.717) is 5.75 Å². The number of phenolic OH excluding ortho intramolecular Hbond substituents is 1. The zero-order valence-corrected chi connectivity index (χ0v) is 14.7. The van der Waals surface area contributed by atoms with E-state index in [1.807, 2.05) is 6.07 Å². The van der Waals surface area contributed by atoms with Gasteiger partial charge in [0.2, 0.25) is 0 Å². The molecular weight excluding hydrogens is 282 g/mol. The number of halogens is 1. The van der Waals surface area contributed by atoms with Crippen molar-refractivity contribution < 1.29 is 23.2 Å². The third-order valence-electron chi connectivity index (χ3n) is 4.10. The summed E-state index contributed by atoms with van der Waals surface area (Å²) >= 11 is 0. The summed E-state index contributed by atoms with van der Waals surface area (Å²) in [4.78, 5) is 0. The van der Waals surface area contributed by atoms with Crippen LogP contribution in [0.5, 0.6) is 5.75 Å². The topological polar surface area (TPSA) is 47.9 Å². The smallest absolute Gasteiger partial charge is 0.177 e. The molecule has 0 amide bonds. The zero-order chi connectivity index (χ0) is 15.0. The van der Waals surface area contributed by atoms with E-state index in [9.17, 15) is 5.11 Å². The van der Waals surface area contributed by atoms with Crippen molar-refractivity contribution in [1.82, 2.24) is 0 Å². The lowest BCUT2D eigenvalue weighted by Gasteiger charge is -2.16. The fourth-order valence-corrected chi connectivity index (χ4v) is 2.78. The number of aromatic hydroxyl groups is 1. The van der Waals surface area contributed by atoms with Gasteiger partial charge in [-0.2, -0.15) is 0 Å². The van der Waals surface area contributed by atoms with Gasteiger partial charge in [-0.05, 0) is 55.7 Å². The van der Waals surface area contributed by atoms with Crippen LogP contribution in [-0.4, -0.2) is 5.11 Å². The molecule has 0 radical (unpaired) electrons. The number of unbranched alkanes of at least 4 members (excludes halogenated alkanes) is 3. The Morgan fingerprint density at radius 1 is 0.857 bits per heavy atom. The quantitative estimate of drug-likeness (QED) is 0.709. The minimum atomic E-state index is 0. The second-order valence-electron chi connectivity index (χ2n) is 5.80. The lowest BCUT2D eigenvalue weighted by molar-refractivity contribution is -0.257. The van der Waals surface area contributed by atoms with E-state index in [4.69, 9.17) is 0 Å². The van der Waals surface area contributed by atoms with Gasteiger partial charge in [0.15, 0.2) is 11.4 Å². The van der Waals surface area contributed by atoms with Gasteiger partial charge >= 0.3 is 0 Å². The number of rotatable bonds is 9. The number of aryl methyl sites for hydroxylation is 1. The molecule has 0 aliphatic rings. The summed E-state index contributed by atoms with van der Waals surface area (Å²) in [6.45, 7) is 6.68. The van der Waals surface area contributed by atoms with E-state index in [2.05, 4.69) is 26.5 Å². The molecule has 0 aliphatic heterocycles. The lowest BCUT2D eigenvalue weighted by atomic mass is 9.89. The minimum Gasteiger partial charge on any atom is -1.00 e. The second kappa shape index (κ2) is 10.9. The summed E-state index contributed by atoms with van der Waals surface area (Å²) in [6.07, 6.45) is 10.5. The number of quaternary nitrogens is 1. The first-order valence-corrected chi connectivity index (χ1v) is 8.34. The molecule has 0 bridgehead atoms. The van der Waals surface area contributed by atoms with Gasteiger partial charge in [-0.15, -0.1) is 0 Å². The first-order chi connectivity index (χ1) is 9.65. The molecule has 3 heteroatoms. The lowest BCUT2D eigenvalue weighted by Crippen LogP contribution is -3.00. The fourth-order valence-electron chi connectivity index (χ4n) is 2.78. The molecule has 122 valence electrons. The summed E-state index contributed by atoms with van der Waals surface area (Å²) < 4.78 is 0. The fraction of sp³-hybridized carbons (Fsp3) is 0.667. The van der Waals surface area contributed by atoms with Crippen LogP contribution in [0.2, 0.25) is 0 Å². The minimum absolute atomic E-state index is 0. The molecule has 2 nitrogen and oxygen atoms in total. The molecule has 0 saturated heterocycles. The summed E-state index contributed by atoms with van der Waals surface area (Å²) in [5.41, 5.74) is 9.14. The van der Waals surface area contributed by atoms with Crippen molar-refractivity contribution in [3.05, 3.63) is 22.8 Å². The van der Waals surface area contributed by atoms with Gasteiger partial charge in [-0.3, -0.25) is 0 Å². The molecule has 0 aromatic heterocycles. The maximum absolute atomic E-state index is 10.2. The highest BCUT2D eigenvalue weighted by Gasteiger charge is 2.17. The van der Waals surface area contributed by atoms with E-state index >= 15 is 0 Å². The summed E-state index contributed by atoms with van der Waals surface area (Å²) in [6, 6.07) is 1.97. The van der Waals surface area contributed by atoms with E-state index in [1.165, 1.54) is 55.2 Å². The SMILES string of the molecule is CCCCc1cc(O)c([NH3+])c(CCCC)c1CCCC.[Cl-]. The van der Waals surface area contributed by atoms with E-state index in [-0.39, 0.29) is 12.4 Å². The molecule has 1 aromatic rings. The zero-order valence-electron chi connectivity index (χ0n) is 14.0. The highest BCUT2D eigenvalue weighted by molar-refractivity contribution is 5.58. The molecule has 1 rings (SSSR count). The second-order valence-corrected chi connectivity index (χ2v) is 5.80. The molecule has 21 heavy (non-hydrogen) atoms. The highest BCUT2D eigenvalue weighted by atomic mass is 35.5. The van der Waals surface area contributed by atoms with Crippen molar-refractivity contribution in [1.29, 1.82) is 0 Å². The van der Waals surface area contributed by atoms with Crippen LogP contribution >= 0.6 is 0 Å². The number of hydrogen-bond donors (Lipinski definition) is 2. The van der Waals surface area contributed by atoms with Crippen LogP contribution in [0, 0.1) is 0 Å². The Hall–Kier alpha value is -0.730. The van der Waals surface area contributed by atoms with E-state index < -0.39 is 0 Å². The van der Waals surface area contributed by atoms with Crippen LogP contribution in [0.25, 0.3) is 0 Å². The van der Waals surface area contributed by atoms with Crippen molar-refractivity contribution in [3.63, 3.8) is 0 Å². The number of hydrogen-bond acceptors (Lipinski definition) is 1. The van der Waals surface area contributed by atoms with Crippen molar-refractivity contribution in [2.75, 3.05) is 0 Å². The third-order valence-corrected chi connectivity index (χ3v) is 4.10. The average Bonchev–Trinajstić information content (AvgIpc) is 2.45. The van der Waals surface area contributed by atoms with Gasteiger partial charge < -0.3 is 23.2 Å². The monoisotopic (exact) mass is 313 g/mol. The molecular formula is C18H32ClNO. The van der Waals surface area contributed by atoms with Gasteiger partial charge in [-0.1, -0.05) is 40.0 Å². The van der Waals surface area contributed by atoms with Crippen molar-refractivity contribution in [2.24, 2.45) is 0 Å². The molecule has 0 fully saturated rings. The average molecular weight is 314 g/mol. The molecule has 1 aromatic carbocycles. The molecule has 0 saturated carbocycles. The third kappa shape index (κ3) is 5.88. The van der Waals surface area contributed by atoms with Crippen LogP contribution < -0.4 is 18.1 Å². The van der Waals surface area contributed by atoms with Gasteiger partial charge in [0.1, 0.15) is 0 Å². The van der Waals surface area contributed by atoms with Crippen LogP contribution in [0.3, 0.4) is 0 Å². The summed E-state index contributed by atoms with van der Waals surface area (Å²) in [5, 5.41) is 10.2. The van der Waals surface area contributed by atoms with Crippen LogP contribution in [0.15, 0.2) is 6.07 Å². The predicted molar refractivity (Wildman–Crippen MR) is 86.5 cm³/mol. The molecule has 0 unspecified atom stereocenters. The Labute approximate surface area is 136 Å². The van der Waals surface area contributed by atoms with Gasteiger partial charge in [0, 0.05) is 5.56 Å². The molecule has 0 spiro atoms. The Kier molecular flexibility index (Phi) is 10.5. The Morgan fingerprint density at radius 3 is 1.86 bits per heavy atom. The van der Waals surface area contributed by atoms with Crippen molar-refractivity contribution in [3.8, 4) is 5.75 Å². The van der Waals surface area contributed by atoms with E-state index in [1.54, 1.807) is 0 Å². The highest BCUT2D eigenvalue weighted by Crippen LogP contribution is 2.32. The molecule has 0 heterocycles. The normalized spacial score (nSPS) is 10.5. The molecule has 0 atom stereocenters. The Balaban J connectivity index is 0.00000400. The Bertz CT molecular complexity index is 418. The van der Waals surface area contributed by atoms with Crippen molar-refractivity contribution in [2.45, 2.75) is 78.6 Å². The first-order valence-electron chi connectivity index (χ1n) is 8.34. The van der Waals surface area contributed by atoms with Gasteiger partial charge in [0.25, 0.3) is 0 Å². The number of phenols is 1. The summed E-state index contributed by atoms with van der Waals surface area (Å²) in [5.74, 6) is 0.391. The number of benzene rings is 1. The molecule has 0 aliphatic carbocycles. The van der Waals surface area contributed by atoms with Gasteiger partial charge in [-0.25, -0.2) is 0 Å². The van der Waals surface area contributed by atoms with E-state index in [0.717, 1.165) is 24.9 Å². The van der Waals surface area contributed by atoms with Crippen LogP contribution in [0.1, 0.15) is 76.0 Å². The largest absolute Gasteiger partial charge is 1.00 e. The first kappa shape index (κ1) is 20.3. The molecule has 4 N–H and O–H groups in total.